The number of anilines is 1. The summed E-state index contributed by atoms with van der Waals surface area (Å²) in [5, 5.41) is 8.15. The van der Waals surface area contributed by atoms with Crippen LogP contribution in [0.2, 0.25) is 0 Å². The van der Waals surface area contributed by atoms with E-state index in [9.17, 15) is 0 Å². The number of methoxy groups -OCH3 is 3. The van der Waals surface area contributed by atoms with Crippen LogP contribution in [-0.2, 0) is 0 Å². The first-order chi connectivity index (χ1) is 12.9. The van der Waals surface area contributed by atoms with Crippen LogP contribution in [0.4, 0.5) is 5.82 Å². The highest BCUT2D eigenvalue weighted by Crippen LogP contribution is 2.40. The Morgan fingerprint density at radius 3 is 2.15 bits per heavy atom. The number of hydrogen-bond donors (Lipinski definition) is 1. The van der Waals surface area contributed by atoms with Gasteiger partial charge in [-0.25, -0.2) is 4.98 Å². The van der Waals surface area contributed by atoms with E-state index in [1.807, 2.05) is 43.5 Å². The van der Waals surface area contributed by atoms with Crippen molar-refractivity contribution < 1.29 is 14.2 Å². The van der Waals surface area contributed by atoms with Gasteiger partial charge in [0.25, 0.3) is 0 Å². The van der Waals surface area contributed by atoms with Crippen LogP contribution in [0.15, 0.2) is 18.2 Å². The van der Waals surface area contributed by atoms with Crippen molar-refractivity contribution in [1.82, 2.24) is 14.6 Å². The van der Waals surface area contributed by atoms with Crippen molar-refractivity contribution >= 4 is 11.5 Å². The SMILES string of the molecule is COc1cc([C@@H](C)Nc2cc(C)nc3c(C)c(C)nn23)cc(OC)c1OC. The monoisotopic (exact) mass is 370 g/mol. The fourth-order valence-electron chi connectivity index (χ4n) is 3.11. The van der Waals surface area contributed by atoms with Crippen molar-refractivity contribution in [2.45, 2.75) is 33.7 Å². The van der Waals surface area contributed by atoms with Crippen LogP contribution in [-0.4, -0.2) is 35.9 Å². The van der Waals surface area contributed by atoms with Crippen LogP contribution in [0.5, 0.6) is 17.2 Å². The van der Waals surface area contributed by atoms with E-state index in [2.05, 4.69) is 22.3 Å². The summed E-state index contributed by atoms with van der Waals surface area (Å²) in [4.78, 5) is 4.62. The summed E-state index contributed by atoms with van der Waals surface area (Å²) in [6.45, 7) is 8.09. The molecule has 2 aromatic heterocycles. The van der Waals surface area contributed by atoms with Crippen LogP contribution in [0, 0.1) is 20.8 Å². The molecule has 3 rings (SSSR count). The maximum atomic E-state index is 5.47. The molecule has 2 heterocycles. The smallest absolute Gasteiger partial charge is 0.203 e. The highest BCUT2D eigenvalue weighted by Gasteiger charge is 2.18. The van der Waals surface area contributed by atoms with E-state index in [0.29, 0.717) is 17.2 Å². The molecule has 0 aliphatic rings. The van der Waals surface area contributed by atoms with Gasteiger partial charge in [0.15, 0.2) is 17.1 Å². The number of aryl methyl sites for hydroxylation is 3. The Hall–Kier alpha value is -2.96. The van der Waals surface area contributed by atoms with E-state index in [1.165, 1.54) is 0 Å². The van der Waals surface area contributed by atoms with Crippen LogP contribution < -0.4 is 19.5 Å². The summed E-state index contributed by atoms with van der Waals surface area (Å²) in [5.74, 6) is 2.72. The fraction of sp³-hybridized carbons (Fsp3) is 0.400. The molecule has 7 nitrogen and oxygen atoms in total. The zero-order valence-corrected chi connectivity index (χ0v) is 16.9. The van der Waals surface area contributed by atoms with Gasteiger partial charge in [0.05, 0.1) is 33.1 Å². The second kappa shape index (κ2) is 7.34. The van der Waals surface area contributed by atoms with Gasteiger partial charge in [-0.3, -0.25) is 0 Å². The second-order valence-corrected chi connectivity index (χ2v) is 6.55. The van der Waals surface area contributed by atoms with Crippen LogP contribution in [0.1, 0.15) is 35.5 Å². The molecule has 0 spiro atoms. The molecule has 0 saturated heterocycles. The molecule has 7 heteroatoms. The van der Waals surface area contributed by atoms with Gasteiger partial charge in [-0.2, -0.15) is 9.61 Å². The number of nitrogens with one attached hydrogen (secondary N) is 1. The van der Waals surface area contributed by atoms with Gasteiger partial charge in [-0.1, -0.05) is 0 Å². The fourth-order valence-corrected chi connectivity index (χ4v) is 3.11. The highest BCUT2D eigenvalue weighted by molar-refractivity contribution is 5.58. The van der Waals surface area contributed by atoms with E-state index in [4.69, 9.17) is 14.2 Å². The maximum absolute atomic E-state index is 5.47. The Kier molecular flexibility index (Phi) is 5.12. The molecule has 0 radical (unpaired) electrons. The Bertz CT molecular complexity index is 956. The first kappa shape index (κ1) is 18.8. The molecule has 27 heavy (non-hydrogen) atoms. The molecule has 0 bridgehead atoms. The van der Waals surface area contributed by atoms with E-state index >= 15 is 0 Å². The molecule has 0 unspecified atom stereocenters. The molecule has 0 aliphatic heterocycles. The first-order valence-electron chi connectivity index (χ1n) is 8.79. The Morgan fingerprint density at radius 1 is 0.963 bits per heavy atom. The third-order valence-corrected chi connectivity index (χ3v) is 4.74. The average Bonchev–Trinajstić information content (AvgIpc) is 2.95. The molecular weight excluding hydrogens is 344 g/mol. The topological polar surface area (TPSA) is 69.9 Å². The molecule has 0 fully saturated rings. The normalized spacial score (nSPS) is 12.1. The number of ether oxygens (including phenoxy) is 3. The number of benzene rings is 1. The predicted octanol–water partition coefficient (Wildman–Crippen LogP) is 3.85. The number of hydrogen-bond acceptors (Lipinski definition) is 6. The summed E-state index contributed by atoms with van der Waals surface area (Å²) >= 11 is 0. The van der Waals surface area contributed by atoms with Crippen LogP contribution in [0.3, 0.4) is 0 Å². The van der Waals surface area contributed by atoms with Crippen molar-refractivity contribution in [3.8, 4) is 17.2 Å². The zero-order chi connectivity index (χ0) is 19.7. The van der Waals surface area contributed by atoms with Gasteiger partial charge >= 0.3 is 0 Å². The zero-order valence-electron chi connectivity index (χ0n) is 16.9. The lowest BCUT2D eigenvalue weighted by atomic mass is 10.1. The number of nitrogens with zero attached hydrogens (tertiary/aromatic N) is 3. The molecule has 0 saturated carbocycles. The quantitative estimate of drug-likeness (QED) is 0.711. The Labute approximate surface area is 159 Å². The lowest BCUT2D eigenvalue weighted by Gasteiger charge is -2.20. The largest absolute Gasteiger partial charge is 0.493 e. The summed E-state index contributed by atoms with van der Waals surface area (Å²) in [5.41, 5.74) is 4.86. The van der Waals surface area contributed by atoms with Gasteiger partial charge < -0.3 is 19.5 Å². The van der Waals surface area contributed by atoms with Crippen LogP contribution >= 0.6 is 0 Å². The standard InChI is InChI=1S/C20H26N4O3/c1-11-8-18(24-20(21-11)12(2)13(3)23-24)22-14(4)15-9-16(25-5)19(27-7)17(10-15)26-6/h8-10,14,22H,1-7H3/t14-/m1/s1. The van der Waals surface area contributed by atoms with Crippen molar-refractivity contribution in [2.24, 2.45) is 0 Å². The lowest BCUT2D eigenvalue weighted by molar-refractivity contribution is 0.323. The number of rotatable bonds is 6. The molecule has 1 atom stereocenters. The Morgan fingerprint density at radius 2 is 1.59 bits per heavy atom. The third-order valence-electron chi connectivity index (χ3n) is 4.74. The van der Waals surface area contributed by atoms with E-state index in [1.54, 1.807) is 21.3 Å². The van der Waals surface area contributed by atoms with Gasteiger partial charge in [0.2, 0.25) is 5.75 Å². The van der Waals surface area contributed by atoms with Crippen molar-refractivity contribution in [2.75, 3.05) is 26.6 Å². The van der Waals surface area contributed by atoms with E-state index < -0.39 is 0 Å². The van der Waals surface area contributed by atoms with Gasteiger partial charge in [0.1, 0.15) is 5.82 Å². The van der Waals surface area contributed by atoms with Gasteiger partial charge in [-0.15, -0.1) is 0 Å². The maximum Gasteiger partial charge on any atom is 0.203 e. The molecular formula is C20H26N4O3. The summed E-state index contributed by atoms with van der Waals surface area (Å²) in [6, 6.07) is 5.87. The summed E-state index contributed by atoms with van der Waals surface area (Å²) in [6.07, 6.45) is 0. The van der Waals surface area contributed by atoms with E-state index in [-0.39, 0.29) is 6.04 Å². The number of aromatic nitrogens is 3. The highest BCUT2D eigenvalue weighted by atomic mass is 16.5. The van der Waals surface area contributed by atoms with Crippen molar-refractivity contribution in [3.63, 3.8) is 0 Å². The third kappa shape index (κ3) is 3.37. The molecule has 3 aromatic rings. The Balaban J connectivity index is 2.02. The van der Waals surface area contributed by atoms with E-state index in [0.717, 1.165) is 34.0 Å². The van der Waals surface area contributed by atoms with Crippen molar-refractivity contribution in [3.05, 3.63) is 40.7 Å². The first-order valence-corrected chi connectivity index (χ1v) is 8.79. The minimum atomic E-state index is -0.0199. The predicted molar refractivity (Wildman–Crippen MR) is 105 cm³/mol. The molecule has 1 N–H and O–H groups in total. The molecule has 144 valence electrons. The molecule has 0 aliphatic carbocycles. The summed E-state index contributed by atoms with van der Waals surface area (Å²) < 4.78 is 18.2. The molecule has 0 amide bonds. The molecule has 1 aromatic carbocycles. The van der Waals surface area contributed by atoms with Crippen molar-refractivity contribution in [1.29, 1.82) is 0 Å². The second-order valence-electron chi connectivity index (χ2n) is 6.55. The van der Waals surface area contributed by atoms with Crippen LogP contribution in [0.25, 0.3) is 5.65 Å². The minimum absolute atomic E-state index is 0.0199. The van der Waals surface area contributed by atoms with Gasteiger partial charge in [0, 0.05) is 17.3 Å². The summed E-state index contributed by atoms with van der Waals surface area (Å²) in [7, 11) is 4.83. The lowest BCUT2D eigenvalue weighted by Crippen LogP contribution is -2.12. The van der Waals surface area contributed by atoms with Gasteiger partial charge in [-0.05, 0) is 45.4 Å². The number of fused-ring (bicyclic) bond motifs is 1. The minimum Gasteiger partial charge on any atom is -0.493 e. The average molecular weight is 370 g/mol.